The molecule has 3 rings (SSSR count). The summed E-state index contributed by atoms with van der Waals surface area (Å²) in [5.74, 6) is 0.957. The lowest BCUT2D eigenvalue weighted by Crippen LogP contribution is -2.26. The van der Waals surface area contributed by atoms with Crippen molar-refractivity contribution in [1.82, 2.24) is 0 Å². The summed E-state index contributed by atoms with van der Waals surface area (Å²) in [6.45, 7) is 7.71. The number of esters is 1. The fraction of sp³-hybridized carbons (Fsp3) is 0.611. The van der Waals surface area contributed by atoms with E-state index in [0.29, 0.717) is 40.5 Å². The van der Waals surface area contributed by atoms with E-state index in [4.69, 9.17) is 10.5 Å². The number of fused-ring (bicyclic) bond motifs is 2. The monoisotopic (exact) mass is 287 g/mol. The van der Waals surface area contributed by atoms with Crippen LogP contribution in [0.2, 0.25) is 0 Å². The summed E-state index contributed by atoms with van der Waals surface area (Å²) in [5.41, 5.74) is 7.66. The van der Waals surface area contributed by atoms with Crippen LogP contribution in [0.15, 0.2) is 24.3 Å². The number of nitrogens with two attached hydrogens (primary N) is 1. The Morgan fingerprint density at radius 3 is 2.48 bits per heavy atom. The van der Waals surface area contributed by atoms with Gasteiger partial charge in [0, 0.05) is 5.69 Å². The van der Waals surface area contributed by atoms with E-state index in [1.807, 2.05) is 0 Å². The summed E-state index contributed by atoms with van der Waals surface area (Å²) < 4.78 is 5.56. The van der Waals surface area contributed by atoms with Gasteiger partial charge in [-0.2, -0.15) is 0 Å². The van der Waals surface area contributed by atoms with E-state index in [-0.39, 0.29) is 5.97 Å². The van der Waals surface area contributed by atoms with Crippen LogP contribution < -0.4 is 5.73 Å². The maximum Gasteiger partial charge on any atom is 0.338 e. The molecule has 1 aromatic carbocycles. The molecule has 0 amide bonds. The van der Waals surface area contributed by atoms with Crippen LogP contribution in [0.25, 0.3) is 0 Å². The molecule has 2 saturated carbocycles. The molecule has 0 aromatic heterocycles. The van der Waals surface area contributed by atoms with Crippen molar-refractivity contribution in [3.05, 3.63) is 29.8 Å². The van der Waals surface area contributed by atoms with Gasteiger partial charge in [-0.1, -0.05) is 20.8 Å². The van der Waals surface area contributed by atoms with E-state index in [0.717, 1.165) is 0 Å². The van der Waals surface area contributed by atoms with Crippen molar-refractivity contribution in [2.75, 3.05) is 12.3 Å². The first-order valence-electron chi connectivity index (χ1n) is 7.86. The van der Waals surface area contributed by atoms with E-state index in [9.17, 15) is 4.79 Å². The molecule has 2 fully saturated rings. The van der Waals surface area contributed by atoms with Crippen LogP contribution in [0.4, 0.5) is 5.69 Å². The molecule has 0 radical (unpaired) electrons. The van der Waals surface area contributed by atoms with Gasteiger partial charge in [0.1, 0.15) is 0 Å². The van der Waals surface area contributed by atoms with Crippen molar-refractivity contribution < 1.29 is 9.53 Å². The SMILES string of the molecule is CC1(C)[C@H]2CC[C@]1(C)C[C@H]2COC(=O)c1ccc(N)cc1. The maximum atomic E-state index is 12.1. The number of carbonyl (C=O) groups is 1. The molecule has 2 bridgehead atoms. The number of benzene rings is 1. The Hall–Kier alpha value is -1.51. The lowest BCUT2D eigenvalue weighted by atomic mass is 9.71. The Kier molecular flexibility index (Phi) is 3.27. The molecule has 2 aliphatic rings. The number of ether oxygens (including phenoxy) is 1. The standard InChI is InChI=1S/C18H25NO2/c1-17(2)15-8-9-18(17,3)10-13(15)11-21-16(20)12-4-6-14(19)7-5-12/h4-7,13,15H,8-11,19H2,1-3H3/t13-,15-,18+/m0/s1. The van der Waals surface area contributed by atoms with Crippen molar-refractivity contribution >= 4 is 11.7 Å². The van der Waals surface area contributed by atoms with E-state index < -0.39 is 0 Å². The number of anilines is 1. The Labute approximate surface area is 126 Å². The van der Waals surface area contributed by atoms with Crippen LogP contribution in [0, 0.1) is 22.7 Å². The minimum atomic E-state index is -0.235. The minimum Gasteiger partial charge on any atom is -0.462 e. The molecule has 3 atom stereocenters. The molecular formula is C18H25NO2. The average Bonchev–Trinajstić information content (AvgIpc) is 2.78. The molecule has 0 aliphatic heterocycles. The highest BCUT2D eigenvalue weighted by molar-refractivity contribution is 5.89. The highest BCUT2D eigenvalue weighted by Crippen LogP contribution is 2.67. The largest absolute Gasteiger partial charge is 0.462 e. The van der Waals surface area contributed by atoms with Gasteiger partial charge in [-0.25, -0.2) is 4.79 Å². The Morgan fingerprint density at radius 2 is 1.95 bits per heavy atom. The molecule has 1 aromatic rings. The van der Waals surface area contributed by atoms with Crippen molar-refractivity contribution in [3.8, 4) is 0 Å². The van der Waals surface area contributed by atoms with Gasteiger partial charge < -0.3 is 10.5 Å². The van der Waals surface area contributed by atoms with Crippen molar-refractivity contribution in [1.29, 1.82) is 0 Å². The van der Waals surface area contributed by atoms with Crippen LogP contribution in [0.5, 0.6) is 0 Å². The lowest BCUT2D eigenvalue weighted by Gasteiger charge is -2.34. The molecule has 0 saturated heterocycles. The first kappa shape index (κ1) is 14.4. The third-order valence-corrected chi connectivity index (χ3v) is 6.35. The molecule has 3 heteroatoms. The Morgan fingerprint density at radius 1 is 1.29 bits per heavy atom. The van der Waals surface area contributed by atoms with E-state index in [1.54, 1.807) is 24.3 Å². The first-order chi connectivity index (χ1) is 9.83. The van der Waals surface area contributed by atoms with Gasteiger partial charge in [0.25, 0.3) is 0 Å². The van der Waals surface area contributed by atoms with Gasteiger partial charge in [0.15, 0.2) is 0 Å². The molecule has 0 spiro atoms. The summed E-state index contributed by atoms with van der Waals surface area (Å²) in [6, 6.07) is 6.92. The van der Waals surface area contributed by atoms with Crippen molar-refractivity contribution in [2.45, 2.75) is 40.0 Å². The lowest BCUT2D eigenvalue weighted by molar-refractivity contribution is 0.0374. The van der Waals surface area contributed by atoms with Gasteiger partial charge in [-0.05, 0) is 66.2 Å². The Bertz CT molecular complexity index is 546. The highest BCUT2D eigenvalue weighted by atomic mass is 16.5. The van der Waals surface area contributed by atoms with E-state index >= 15 is 0 Å². The van der Waals surface area contributed by atoms with E-state index in [2.05, 4.69) is 20.8 Å². The van der Waals surface area contributed by atoms with Crippen molar-refractivity contribution in [2.24, 2.45) is 22.7 Å². The molecule has 3 nitrogen and oxygen atoms in total. The zero-order chi connectivity index (χ0) is 15.3. The highest BCUT2D eigenvalue weighted by Gasteiger charge is 2.60. The van der Waals surface area contributed by atoms with Crippen LogP contribution >= 0.6 is 0 Å². The fourth-order valence-corrected chi connectivity index (χ4v) is 4.58. The van der Waals surface area contributed by atoms with Gasteiger partial charge in [-0.3, -0.25) is 0 Å². The normalized spacial score (nSPS) is 33.1. The maximum absolute atomic E-state index is 12.1. The van der Waals surface area contributed by atoms with Crippen LogP contribution in [-0.4, -0.2) is 12.6 Å². The molecular weight excluding hydrogens is 262 g/mol. The first-order valence-corrected chi connectivity index (χ1v) is 7.86. The smallest absolute Gasteiger partial charge is 0.338 e. The third-order valence-electron chi connectivity index (χ3n) is 6.35. The summed E-state index contributed by atoms with van der Waals surface area (Å²) in [5, 5.41) is 0. The quantitative estimate of drug-likeness (QED) is 0.678. The second-order valence-corrected chi connectivity index (χ2v) is 7.61. The zero-order valence-electron chi connectivity index (χ0n) is 13.2. The minimum absolute atomic E-state index is 0.235. The third kappa shape index (κ3) is 2.23. The van der Waals surface area contributed by atoms with Gasteiger partial charge in [-0.15, -0.1) is 0 Å². The number of hydrogen-bond acceptors (Lipinski definition) is 3. The van der Waals surface area contributed by atoms with Crippen LogP contribution in [-0.2, 0) is 4.74 Å². The topological polar surface area (TPSA) is 52.3 Å². The number of nitrogen functional groups attached to an aromatic ring is 1. The van der Waals surface area contributed by atoms with Crippen molar-refractivity contribution in [3.63, 3.8) is 0 Å². The summed E-state index contributed by atoms with van der Waals surface area (Å²) in [4.78, 5) is 12.1. The fourth-order valence-electron chi connectivity index (χ4n) is 4.58. The Balaban J connectivity index is 1.62. The van der Waals surface area contributed by atoms with Crippen LogP contribution in [0.3, 0.4) is 0 Å². The van der Waals surface area contributed by atoms with Gasteiger partial charge in [0.05, 0.1) is 12.2 Å². The summed E-state index contributed by atoms with van der Waals surface area (Å²) in [6.07, 6.45) is 3.76. The second kappa shape index (κ2) is 4.75. The summed E-state index contributed by atoms with van der Waals surface area (Å²) >= 11 is 0. The molecule has 0 heterocycles. The van der Waals surface area contributed by atoms with Gasteiger partial charge in [0.2, 0.25) is 0 Å². The average molecular weight is 287 g/mol. The van der Waals surface area contributed by atoms with Gasteiger partial charge >= 0.3 is 5.97 Å². The predicted octanol–water partition coefficient (Wildman–Crippen LogP) is 3.89. The molecule has 2 aliphatic carbocycles. The predicted molar refractivity (Wildman–Crippen MR) is 83.9 cm³/mol. The number of hydrogen-bond donors (Lipinski definition) is 1. The number of carbonyl (C=O) groups excluding carboxylic acids is 1. The molecule has 2 N–H and O–H groups in total. The molecule has 0 unspecified atom stereocenters. The second-order valence-electron chi connectivity index (χ2n) is 7.61. The van der Waals surface area contributed by atoms with E-state index in [1.165, 1.54) is 19.3 Å². The van der Waals surface area contributed by atoms with Crippen LogP contribution in [0.1, 0.15) is 50.4 Å². The zero-order valence-corrected chi connectivity index (χ0v) is 13.2. The molecule has 21 heavy (non-hydrogen) atoms. The molecule has 114 valence electrons. The summed E-state index contributed by atoms with van der Waals surface area (Å²) in [7, 11) is 0. The number of rotatable bonds is 3.